The Labute approximate surface area is 116 Å². The molecule has 0 radical (unpaired) electrons. The number of fused-ring (bicyclic) bond motifs is 1. The van der Waals surface area contributed by atoms with Crippen molar-refractivity contribution in [1.82, 2.24) is 4.90 Å². The van der Waals surface area contributed by atoms with Crippen LogP contribution in [-0.4, -0.2) is 24.5 Å². The summed E-state index contributed by atoms with van der Waals surface area (Å²) in [6.07, 6.45) is 7.64. The van der Waals surface area contributed by atoms with E-state index >= 15 is 0 Å². The summed E-state index contributed by atoms with van der Waals surface area (Å²) >= 11 is 0. The van der Waals surface area contributed by atoms with E-state index in [0.717, 1.165) is 6.54 Å². The Hall–Kier alpha value is -1.33. The average molecular weight is 254 g/mol. The van der Waals surface area contributed by atoms with Gasteiger partial charge in [0.1, 0.15) is 0 Å². The second kappa shape index (κ2) is 5.75. The van der Waals surface area contributed by atoms with Crippen LogP contribution in [0, 0.1) is 11.3 Å². The van der Waals surface area contributed by atoms with Crippen molar-refractivity contribution in [2.45, 2.75) is 44.4 Å². The SMILES string of the molecule is N#CC(CN1CCCC1)c1ccc2c(c1)CCCC2. The molecule has 0 N–H and O–H groups in total. The molecule has 1 unspecified atom stereocenters. The van der Waals surface area contributed by atoms with Gasteiger partial charge in [0, 0.05) is 6.54 Å². The van der Waals surface area contributed by atoms with E-state index in [-0.39, 0.29) is 5.92 Å². The van der Waals surface area contributed by atoms with E-state index in [9.17, 15) is 5.26 Å². The number of hydrogen-bond acceptors (Lipinski definition) is 2. The lowest BCUT2D eigenvalue weighted by molar-refractivity contribution is 0.332. The maximum absolute atomic E-state index is 9.47. The molecule has 1 aliphatic carbocycles. The Balaban J connectivity index is 1.77. The first-order valence-corrected chi connectivity index (χ1v) is 7.60. The minimum absolute atomic E-state index is 0.0466. The van der Waals surface area contributed by atoms with Crippen LogP contribution >= 0.6 is 0 Å². The van der Waals surface area contributed by atoms with Crippen LogP contribution in [0.5, 0.6) is 0 Å². The van der Waals surface area contributed by atoms with Gasteiger partial charge in [-0.2, -0.15) is 5.26 Å². The highest BCUT2D eigenvalue weighted by Crippen LogP contribution is 2.26. The lowest BCUT2D eigenvalue weighted by Gasteiger charge is -2.21. The molecule has 0 saturated carbocycles. The predicted molar refractivity (Wildman–Crippen MR) is 77.1 cm³/mol. The van der Waals surface area contributed by atoms with Gasteiger partial charge in [0.25, 0.3) is 0 Å². The Morgan fingerprint density at radius 1 is 1.05 bits per heavy atom. The smallest absolute Gasteiger partial charge is 0.0839 e. The molecule has 2 heteroatoms. The molecule has 1 atom stereocenters. The zero-order chi connectivity index (χ0) is 13.1. The van der Waals surface area contributed by atoms with Crippen LogP contribution in [0.2, 0.25) is 0 Å². The molecule has 1 heterocycles. The van der Waals surface area contributed by atoms with Crippen LogP contribution in [0.1, 0.15) is 48.3 Å². The van der Waals surface area contributed by atoms with Crippen molar-refractivity contribution in [2.75, 3.05) is 19.6 Å². The zero-order valence-electron chi connectivity index (χ0n) is 11.6. The second-order valence-electron chi connectivity index (χ2n) is 5.92. The van der Waals surface area contributed by atoms with Crippen molar-refractivity contribution in [1.29, 1.82) is 5.26 Å². The van der Waals surface area contributed by atoms with Crippen molar-refractivity contribution in [3.05, 3.63) is 34.9 Å². The van der Waals surface area contributed by atoms with Gasteiger partial charge in [-0.15, -0.1) is 0 Å². The number of hydrogen-bond donors (Lipinski definition) is 0. The largest absolute Gasteiger partial charge is 0.302 e. The summed E-state index contributed by atoms with van der Waals surface area (Å²) in [5.74, 6) is 0.0466. The van der Waals surface area contributed by atoms with Crippen molar-refractivity contribution < 1.29 is 0 Å². The van der Waals surface area contributed by atoms with Gasteiger partial charge in [-0.05, 0) is 68.3 Å². The fourth-order valence-electron chi connectivity index (χ4n) is 3.41. The molecule has 1 aliphatic heterocycles. The molecule has 0 spiro atoms. The van der Waals surface area contributed by atoms with E-state index in [2.05, 4.69) is 29.2 Å². The highest BCUT2D eigenvalue weighted by molar-refractivity contribution is 5.37. The van der Waals surface area contributed by atoms with Crippen molar-refractivity contribution >= 4 is 0 Å². The summed E-state index contributed by atoms with van der Waals surface area (Å²) in [7, 11) is 0. The average Bonchev–Trinajstić information content (AvgIpc) is 2.97. The number of rotatable bonds is 3. The number of benzene rings is 1. The molecule has 1 fully saturated rings. The molecule has 19 heavy (non-hydrogen) atoms. The summed E-state index contributed by atoms with van der Waals surface area (Å²) in [6.45, 7) is 3.25. The predicted octanol–water partition coefficient (Wildman–Crippen LogP) is 3.27. The third-order valence-corrected chi connectivity index (χ3v) is 4.57. The standard InChI is InChI=1S/C17H22N2/c18-12-17(13-19-9-3-4-10-19)16-8-7-14-5-1-2-6-15(14)11-16/h7-8,11,17H,1-6,9-10,13H2. The van der Waals surface area contributed by atoms with E-state index in [1.54, 1.807) is 0 Å². The first kappa shape index (κ1) is 12.7. The molecule has 2 nitrogen and oxygen atoms in total. The molecule has 2 aliphatic rings. The third-order valence-electron chi connectivity index (χ3n) is 4.57. The topological polar surface area (TPSA) is 27.0 Å². The van der Waals surface area contributed by atoms with Crippen LogP contribution < -0.4 is 0 Å². The number of likely N-dealkylation sites (tertiary alicyclic amines) is 1. The van der Waals surface area contributed by atoms with E-state index < -0.39 is 0 Å². The van der Waals surface area contributed by atoms with Crippen LogP contribution in [0.3, 0.4) is 0 Å². The van der Waals surface area contributed by atoms with Crippen molar-refractivity contribution in [3.8, 4) is 6.07 Å². The van der Waals surface area contributed by atoms with Gasteiger partial charge >= 0.3 is 0 Å². The van der Waals surface area contributed by atoms with E-state index in [0.29, 0.717) is 0 Å². The monoisotopic (exact) mass is 254 g/mol. The Morgan fingerprint density at radius 2 is 1.79 bits per heavy atom. The Bertz CT molecular complexity index is 481. The van der Waals surface area contributed by atoms with Crippen LogP contribution in [-0.2, 0) is 12.8 Å². The highest BCUT2D eigenvalue weighted by Gasteiger charge is 2.20. The summed E-state index contributed by atoms with van der Waals surface area (Å²) in [5.41, 5.74) is 4.23. The molecular weight excluding hydrogens is 232 g/mol. The molecule has 0 bridgehead atoms. The summed E-state index contributed by atoms with van der Waals surface area (Å²) in [4.78, 5) is 2.44. The first-order chi connectivity index (χ1) is 9.36. The molecule has 1 aromatic carbocycles. The molecule has 1 aromatic rings. The number of nitrogens with zero attached hydrogens (tertiary/aromatic N) is 2. The van der Waals surface area contributed by atoms with Crippen LogP contribution in [0.25, 0.3) is 0 Å². The van der Waals surface area contributed by atoms with Crippen LogP contribution in [0.4, 0.5) is 0 Å². The maximum Gasteiger partial charge on any atom is 0.0839 e. The summed E-state index contributed by atoms with van der Waals surface area (Å²) in [6, 6.07) is 9.27. The number of nitriles is 1. The molecule has 0 aromatic heterocycles. The fraction of sp³-hybridized carbons (Fsp3) is 0.588. The minimum atomic E-state index is 0.0466. The second-order valence-corrected chi connectivity index (χ2v) is 5.92. The minimum Gasteiger partial charge on any atom is -0.302 e. The van der Waals surface area contributed by atoms with Gasteiger partial charge in [-0.3, -0.25) is 0 Å². The third kappa shape index (κ3) is 2.82. The quantitative estimate of drug-likeness (QED) is 0.827. The maximum atomic E-state index is 9.47. The molecule has 0 amide bonds. The molecule has 1 saturated heterocycles. The van der Waals surface area contributed by atoms with E-state index in [1.807, 2.05) is 0 Å². The first-order valence-electron chi connectivity index (χ1n) is 7.60. The van der Waals surface area contributed by atoms with Gasteiger partial charge in [-0.25, -0.2) is 0 Å². The van der Waals surface area contributed by atoms with Gasteiger partial charge in [0.15, 0.2) is 0 Å². The zero-order valence-corrected chi connectivity index (χ0v) is 11.6. The van der Waals surface area contributed by atoms with E-state index in [1.165, 1.54) is 68.3 Å². The molecule has 3 rings (SSSR count). The summed E-state index contributed by atoms with van der Waals surface area (Å²) < 4.78 is 0. The van der Waals surface area contributed by atoms with Gasteiger partial charge in [0.2, 0.25) is 0 Å². The highest BCUT2D eigenvalue weighted by atomic mass is 15.1. The fourth-order valence-corrected chi connectivity index (χ4v) is 3.41. The Morgan fingerprint density at radius 3 is 2.53 bits per heavy atom. The van der Waals surface area contributed by atoms with Crippen molar-refractivity contribution in [2.24, 2.45) is 0 Å². The van der Waals surface area contributed by atoms with Crippen molar-refractivity contribution in [3.63, 3.8) is 0 Å². The van der Waals surface area contributed by atoms with Gasteiger partial charge in [-0.1, -0.05) is 18.2 Å². The van der Waals surface area contributed by atoms with Crippen LogP contribution in [0.15, 0.2) is 18.2 Å². The Kier molecular flexibility index (Phi) is 3.84. The lowest BCUT2D eigenvalue weighted by atomic mass is 9.88. The lowest BCUT2D eigenvalue weighted by Crippen LogP contribution is -2.25. The molecular formula is C17H22N2. The summed E-state index contributed by atoms with van der Waals surface area (Å²) in [5, 5.41) is 9.47. The van der Waals surface area contributed by atoms with Gasteiger partial charge < -0.3 is 4.90 Å². The van der Waals surface area contributed by atoms with E-state index in [4.69, 9.17) is 0 Å². The molecule has 100 valence electrons. The van der Waals surface area contributed by atoms with Gasteiger partial charge in [0.05, 0.1) is 12.0 Å². The number of aryl methyl sites for hydroxylation is 2. The normalized spacial score (nSPS) is 20.8.